The van der Waals surface area contributed by atoms with Crippen molar-refractivity contribution in [1.29, 1.82) is 0 Å². The van der Waals surface area contributed by atoms with E-state index in [1.165, 1.54) is 0 Å². The molecule has 1 heterocycles. The zero-order chi connectivity index (χ0) is 10.1. The van der Waals surface area contributed by atoms with Crippen LogP contribution in [0.5, 0.6) is 0 Å². The summed E-state index contributed by atoms with van der Waals surface area (Å²) in [5, 5.41) is 4.31. The Balaban J connectivity index is 2.37. The first-order chi connectivity index (χ1) is 6.72. The Morgan fingerprint density at radius 1 is 1.57 bits per heavy atom. The maximum absolute atomic E-state index is 11.3. The number of amides is 1. The normalized spacial score (nSPS) is 14.0. The molecule has 0 saturated carbocycles. The Hall–Kier alpha value is -1.55. The van der Waals surface area contributed by atoms with Crippen molar-refractivity contribution in [2.45, 2.75) is 6.42 Å². The van der Waals surface area contributed by atoms with Crippen molar-refractivity contribution in [3.8, 4) is 0 Å². The second kappa shape index (κ2) is 3.31. The van der Waals surface area contributed by atoms with Gasteiger partial charge in [-0.1, -0.05) is 0 Å². The lowest BCUT2D eigenvalue weighted by molar-refractivity contribution is 0.0963. The molecule has 0 bridgehead atoms. The molecule has 0 spiro atoms. The van der Waals surface area contributed by atoms with Crippen LogP contribution in [0.25, 0.3) is 0 Å². The molecule has 1 aliphatic rings. The monoisotopic (exact) mass is 191 g/mol. The number of nitrogens with zero attached hydrogens (tertiary/aromatic N) is 1. The number of hydrogen-bond donors (Lipinski definition) is 2. The first-order valence-corrected chi connectivity index (χ1v) is 4.59. The molecule has 0 fully saturated rings. The lowest BCUT2D eigenvalue weighted by Gasteiger charge is -2.11. The van der Waals surface area contributed by atoms with Crippen LogP contribution in [-0.2, 0) is 6.42 Å². The largest absolute Gasteiger partial charge is 0.355 e. The van der Waals surface area contributed by atoms with Crippen LogP contribution in [0.4, 0.5) is 5.69 Å². The van der Waals surface area contributed by atoms with Crippen LogP contribution in [0.1, 0.15) is 15.9 Å². The third-order valence-electron chi connectivity index (χ3n) is 2.50. The first kappa shape index (κ1) is 9.02. The second-order valence-electron chi connectivity index (χ2n) is 3.37. The van der Waals surface area contributed by atoms with Gasteiger partial charge in [-0.25, -0.2) is 5.84 Å². The van der Waals surface area contributed by atoms with Gasteiger partial charge in [-0.05, 0) is 30.2 Å². The zero-order valence-corrected chi connectivity index (χ0v) is 8.08. The van der Waals surface area contributed by atoms with Crippen LogP contribution in [0.15, 0.2) is 18.2 Å². The molecule has 0 unspecified atom stereocenters. The number of carbonyl (C=O) groups is 1. The Morgan fingerprint density at radius 2 is 2.36 bits per heavy atom. The van der Waals surface area contributed by atoms with E-state index in [1.54, 1.807) is 18.1 Å². The molecule has 0 aromatic heterocycles. The lowest BCUT2D eigenvalue weighted by atomic mass is 10.1. The van der Waals surface area contributed by atoms with E-state index in [0.29, 0.717) is 5.56 Å². The maximum Gasteiger partial charge on any atom is 0.251 e. The van der Waals surface area contributed by atoms with Crippen molar-refractivity contribution >= 4 is 11.6 Å². The average molecular weight is 191 g/mol. The summed E-state index contributed by atoms with van der Waals surface area (Å²) in [5.41, 5.74) is 2.87. The van der Waals surface area contributed by atoms with Gasteiger partial charge in [0.05, 0.1) is 5.69 Å². The lowest BCUT2D eigenvalue weighted by Crippen LogP contribution is -2.28. The van der Waals surface area contributed by atoms with Gasteiger partial charge in [0.2, 0.25) is 0 Å². The SMILES string of the molecule is CNC(=O)c1ccc2c(c1)CCN2N. The second-order valence-corrected chi connectivity index (χ2v) is 3.37. The third-order valence-corrected chi connectivity index (χ3v) is 2.50. The van der Waals surface area contributed by atoms with Gasteiger partial charge in [0, 0.05) is 19.2 Å². The molecule has 1 aromatic carbocycles. The van der Waals surface area contributed by atoms with Crippen molar-refractivity contribution in [2.75, 3.05) is 18.6 Å². The van der Waals surface area contributed by atoms with Crippen molar-refractivity contribution in [3.05, 3.63) is 29.3 Å². The standard InChI is InChI=1S/C10H13N3O/c1-12-10(14)8-2-3-9-7(6-8)4-5-13(9)11/h2-3,6H,4-5,11H2,1H3,(H,12,14). The molecule has 0 aliphatic carbocycles. The van der Waals surface area contributed by atoms with E-state index in [-0.39, 0.29) is 5.91 Å². The molecule has 1 aromatic rings. The molecule has 2 rings (SSSR count). The zero-order valence-electron chi connectivity index (χ0n) is 8.08. The molecule has 3 N–H and O–H groups in total. The molecule has 1 aliphatic heterocycles. The highest BCUT2D eigenvalue weighted by molar-refractivity contribution is 5.94. The van der Waals surface area contributed by atoms with Crippen LogP contribution in [0, 0.1) is 0 Å². The molecule has 74 valence electrons. The Kier molecular flexibility index (Phi) is 2.13. The summed E-state index contributed by atoms with van der Waals surface area (Å²) < 4.78 is 0. The topological polar surface area (TPSA) is 58.4 Å². The quantitative estimate of drug-likeness (QED) is 0.627. The van der Waals surface area contributed by atoms with Crippen molar-refractivity contribution < 1.29 is 4.79 Å². The summed E-state index contributed by atoms with van der Waals surface area (Å²) in [6.07, 6.45) is 0.913. The van der Waals surface area contributed by atoms with Gasteiger partial charge in [0.15, 0.2) is 0 Å². The van der Waals surface area contributed by atoms with E-state index in [4.69, 9.17) is 5.84 Å². The molecule has 1 amide bonds. The van der Waals surface area contributed by atoms with Crippen molar-refractivity contribution in [3.63, 3.8) is 0 Å². The number of nitrogens with one attached hydrogen (secondary N) is 1. The summed E-state index contributed by atoms with van der Waals surface area (Å²) in [7, 11) is 1.63. The van der Waals surface area contributed by atoms with Gasteiger partial charge in [0.25, 0.3) is 5.91 Å². The Morgan fingerprint density at radius 3 is 3.07 bits per heavy atom. The molecule has 0 saturated heterocycles. The van der Waals surface area contributed by atoms with E-state index < -0.39 is 0 Å². The van der Waals surface area contributed by atoms with Crippen molar-refractivity contribution in [1.82, 2.24) is 5.32 Å². The highest BCUT2D eigenvalue weighted by Gasteiger charge is 2.17. The highest BCUT2D eigenvalue weighted by Crippen LogP contribution is 2.26. The van der Waals surface area contributed by atoms with Gasteiger partial charge in [-0.15, -0.1) is 0 Å². The molecular weight excluding hydrogens is 178 g/mol. The minimum atomic E-state index is -0.0525. The predicted molar refractivity (Wildman–Crippen MR) is 55.1 cm³/mol. The number of hydrazine groups is 1. The molecule has 4 nitrogen and oxygen atoms in total. The highest BCUT2D eigenvalue weighted by atomic mass is 16.1. The van der Waals surface area contributed by atoms with Crippen molar-refractivity contribution in [2.24, 2.45) is 5.84 Å². The number of anilines is 1. The van der Waals surface area contributed by atoms with E-state index >= 15 is 0 Å². The van der Waals surface area contributed by atoms with Gasteiger partial charge in [0.1, 0.15) is 0 Å². The van der Waals surface area contributed by atoms with Crippen LogP contribution < -0.4 is 16.2 Å². The molecular formula is C10H13N3O. The van der Waals surface area contributed by atoms with Crippen LogP contribution in [0.2, 0.25) is 0 Å². The van der Waals surface area contributed by atoms with E-state index in [2.05, 4.69) is 5.32 Å². The minimum Gasteiger partial charge on any atom is -0.355 e. The van der Waals surface area contributed by atoms with E-state index in [1.807, 2.05) is 12.1 Å². The minimum absolute atomic E-state index is 0.0525. The maximum atomic E-state index is 11.3. The van der Waals surface area contributed by atoms with Crippen LogP contribution >= 0.6 is 0 Å². The Bertz CT molecular complexity index is 376. The molecule has 0 atom stereocenters. The van der Waals surface area contributed by atoms with Gasteiger partial charge in [-0.2, -0.15) is 0 Å². The predicted octanol–water partition coefficient (Wildman–Crippen LogP) is 0.282. The van der Waals surface area contributed by atoms with Gasteiger partial charge < -0.3 is 10.3 Å². The number of carbonyl (C=O) groups excluding carboxylic acids is 1. The van der Waals surface area contributed by atoms with Crippen LogP contribution in [-0.4, -0.2) is 19.5 Å². The Labute approximate surface area is 82.7 Å². The third kappa shape index (κ3) is 1.33. The first-order valence-electron chi connectivity index (χ1n) is 4.59. The average Bonchev–Trinajstić information content (AvgIpc) is 2.59. The fourth-order valence-corrected chi connectivity index (χ4v) is 1.71. The summed E-state index contributed by atoms with van der Waals surface area (Å²) >= 11 is 0. The van der Waals surface area contributed by atoms with Gasteiger partial charge >= 0.3 is 0 Å². The van der Waals surface area contributed by atoms with Gasteiger partial charge in [-0.3, -0.25) is 4.79 Å². The fraction of sp³-hybridized carbons (Fsp3) is 0.300. The number of benzene rings is 1. The number of nitrogens with two attached hydrogens (primary N) is 1. The summed E-state index contributed by atoms with van der Waals surface area (Å²) in [5.74, 6) is 5.69. The number of rotatable bonds is 1. The summed E-state index contributed by atoms with van der Waals surface area (Å²) in [6.45, 7) is 0.826. The number of hydrogen-bond acceptors (Lipinski definition) is 3. The van der Waals surface area contributed by atoms with E-state index in [0.717, 1.165) is 24.2 Å². The molecule has 0 radical (unpaired) electrons. The smallest absolute Gasteiger partial charge is 0.251 e. The summed E-state index contributed by atoms with van der Waals surface area (Å²) in [6, 6.07) is 5.59. The summed E-state index contributed by atoms with van der Waals surface area (Å²) in [4.78, 5) is 11.3. The van der Waals surface area contributed by atoms with Crippen LogP contribution in [0.3, 0.4) is 0 Å². The van der Waals surface area contributed by atoms with E-state index in [9.17, 15) is 4.79 Å². The fourth-order valence-electron chi connectivity index (χ4n) is 1.71. The molecule has 4 heteroatoms. The molecule has 14 heavy (non-hydrogen) atoms. The number of fused-ring (bicyclic) bond motifs is 1.